The molecule has 2 aromatic heterocycles. The number of thioether (sulfide) groups is 2. The Hall–Kier alpha value is -5.84. The summed E-state index contributed by atoms with van der Waals surface area (Å²) in [5, 5.41) is 17.4. The van der Waals surface area contributed by atoms with Crippen molar-refractivity contribution in [2.45, 2.75) is 103 Å². The minimum atomic E-state index is -1.95. The second kappa shape index (κ2) is 20.4. The smallest absolute Gasteiger partial charge is 0.407 e. The van der Waals surface area contributed by atoms with Gasteiger partial charge in [0.15, 0.2) is 17.2 Å². The summed E-state index contributed by atoms with van der Waals surface area (Å²) in [7, 11) is 0. The van der Waals surface area contributed by atoms with Gasteiger partial charge >= 0.3 is 12.1 Å². The van der Waals surface area contributed by atoms with E-state index in [1.807, 2.05) is 36.4 Å². The van der Waals surface area contributed by atoms with Gasteiger partial charge in [-0.25, -0.2) is 19.0 Å². The van der Waals surface area contributed by atoms with Gasteiger partial charge in [-0.2, -0.15) is 23.5 Å². The number of fused-ring (bicyclic) bond motifs is 8. The quantitative estimate of drug-likeness (QED) is 0.0529. The Labute approximate surface area is 402 Å². The topological polar surface area (TPSA) is 183 Å². The maximum Gasteiger partial charge on any atom is 0.407 e. The number of hydrogen-bond donors (Lipinski definition) is 3. The molecule has 2 amide bonds. The van der Waals surface area contributed by atoms with Crippen LogP contribution in [0.2, 0.25) is 0 Å². The Bertz CT molecular complexity index is 2860. The predicted molar refractivity (Wildman–Crippen MR) is 261 cm³/mol. The number of nitrogens with one attached hydrogen (secondary N) is 2. The van der Waals surface area contributed by atoms with Crippen molar-refractivity contribution in [3.05, 3.63) is 122 Å². The van der Waals surface area contributed by atoms with E-state index in [-0.39, 0.29) is 73.2 Å². The van der Waals surface area contributed by atoms with Crippen LogP contribution in [0.1, 0.15) is 98.2 Å². The number of hydrogen-bond acceptors (Lipinski definition) is 12. The molecule has 8 rings (SSSR count). The summed E-state index contributed by atoms with van der Waals surface area (Å²) >= 11 is 3.35. The standard InChI is InChI=1S/C52H55FN4O9S2/c1-6-52(64)41-22-44-47-37(24-57(44)49(61)39(41)26-65-50(52)62)40(36-20-28(2)42(53)23-43(36)56-47)27-68-18-11-17-67-19-16-45(58)30(4)54-48(60)29(3)21-46(59)31(5)55-51(63)66-25-38-34-14-9-7-12-32(34)33-13-8-10-15-35(33)38/h7-10,12-15,20,22-23,29-31,38,64H,6,11,16-19,21,24-27H2,1-5H3,(H,54,60)(H,55,63)/t29-,30+,31+,52+/m1/s1. The van der Waals surface area contributed by atoms with E-state index >= 15 is 0 Å². The van der Waals surface area contributed by atoms with Crippen molar-refractivity contribution in [3.8, 4) is 22.5 Å². The number of ether oxygens (including phenoxy) is 2. The summed E-state index contributed by atoms with van der Waals surface area (Å²) in [6, 6.07) is 19.3. The fourth-order valence-corrected chi connectivity index (χ4v) is 11.4. The number of aryl methyl sites for hydroxylation is 1. The molecule has 0 unspecified atom stereocenters. The summed E-state index contributed by atoms with van der Waals surface area (Å²) in [6.45, 7) is 8.29. The van der Waals surface area contributed by atoms with Crippen LogP contribution in [0.5, 0.6) is 0 Å². The van der Waals surface area contributed by atoms with Crippen molar-refractivity contribution in [2.24, 2.45) is 5.92 Å². The third-order valence-electron chi connectivity index (χ3n) is 13.4. The second-order valence-electron chi connectivity index (χ2n) is 17.9. The number of pyridine rings is 2. The largest absolute Gasteiger partial charge is 0.458 e. The first-order valence-electron chi connectivity index (χ1n) is 23.0. The molecule has 1 aliphatic carbocycles. The molecule has 356 valence electrons. The number of cyclic esters (lactones) is 1. The van der Waals surface area contributed by atoms with E-state index in [0.717, 1.165) is 56.7 Å². The molecule has 2 aliphatic heterocycles. The van der Waals surface area contributed by atoms with Crippen molar-refractivity contribution in [1.82, 2.24) is 20.2 Å². The molecule has 4 heterocycles. The third kappa shape index (κ3) is 9.59. The zero-order valence-corrected chi connectivity index (χ0v) is 40.4. The van der Waals surface area contributed by atoms with Crippen molar-refractivity contribution in [2.75, 3.05) is 23.9 Å². The first kappa shape index (κ1) is 48.6. The van der Waals surface area contributed by atoms with Crippen molar-refractivity contribution in [1.29, 1.82) is 0 Å². The molecule has 3 aliphatic rings. The normalized spacial score (nSPS) is 17.0. The van der Waals surface area contributed by atoms with E-state index in [0.29, 0.717) is 34.0 Å². The van der Waals surface area contributed by atoms with Crippen LogP contribution in [-0.4, -0.2) is 80.1 Å². The molecule has 0 radical (unpaired) electrons. The van der Waals surface area contributed by atoms with Crippen LogP contribution in [0.3, 0.4) is 0 Å². The van der Waals surface area contributed by atoms with Gasteiger partial charge in [0.05, 0.1) is 41.1 Å². The minimum Gasteiger partial charge on any atom is -0.458 e. The maximum atomic E-state index is 14.9. The number of esters is 1. The first-order valence-corrected chi connectivity index (χ1v) is 25.3. The molecule has 0 saturated heterocycles. The Balaban J connectivity index is 0.765. The minimum absolute atomic E-state index is 0.0260. The summed E-state index contributed by atoms with van der Waals surface area (Å²) in [5.41, 5.74) is 6.25. The number of benzene rings is 3. The number of carbonyl (C=O) groups is 5. The van der Waals surface area contributed by atoms with Crippen LogP contribution in [0, 0.1) is 18.7 Å². The van der Waals surface area contributed by atoms with Crippen molar-refractivity contribution < 1.29 is 42.9 Å². The fourth-order valence-electron chi connectivity index (χ4n) is 9.29. The summed E-state index contributed by atoms with van der Waals surface area (Å²) in [4.78, 5) is 83.1. The van der Waals surface area contributed by atoms with Crippen LogP contribution in [0.4, 0.5) is 9.18 Å². The molecule has 0 fully saturated rings. The average molecular weight is 963 g/mol. The van der Waals surface area contributed by atoms with Crippen molar-refractivity contribution >= 4 is 64.0 Å². The van der Waals surface area contributed by atoms with E-state index in [1.165, 1.54) is 6.07 Å². The Kier molecular flexibility index (Phi) is 14.6. The lowest BCUT2D eigenvalue weighted by Gasteiger charge is -2.31. The Morgan fingerprint density at radius 2 is 1.60 bits per heavy atom. The van der Waals surface area contributed by atoms with Gasteiger partial charge in [-0.05, 0) is 90.6 Å². The highest BCUT2D eigenvalue weighted by Crippen LogP contribution is 2.45. The van der Waals surface area contributed by atoms with E-state index in [1.54, 1.807) is 74.8 Å². The number of carbonyl (C=O) groups excluding carboxylic acids is 5. The monoisotopic (exact) mass is 962 g/mol. The van der Waals surface area contributed by atoms with Gasteiger partial charge < -0.3 is 29.8 Å². The lowest BCUT2D eigenvalue weighted by Crippen LogP contribution is -2.44. The van der Waals surface area contributed by atoms with Crippen molar-refractivity contribution in [3.63, 3.8) is 0 Å². The molecule has 3 aromatic carbocycles. The number of aromatic nitrogens is 2. The molecule has 5 aromatic rings. The average Bonchev–Trinajstić information content (AvgIpc) is 3.86. The summed E-state index contributed by atoms with van der Waals surface area (Å²) in [6.07, 6.45) is 0.301. The Morgan fingerprint density at radius 1 is 0.926 bits per heavy atom. The fraction of sp³-hybridized carbons (Fsp3) is 0.404. The molecular weight excluding hydrogens is 908 g/mol. The maximum absolute atomic E-state index is 14.9. The number of amides is 2. The van der Waals surface area contributed by atoms with Gasteiger partial charge in [0, 0.05) is 58.8 Å². The molecule has 16 heteroatoms. The van der Waals surface area contributed by atoms with Gasteiger partial charge in [0.1, 0.15) is 19.0 Å². The van der Waals surface area contributed by atoms with Crippen LogP contribution < -0.4 is 16.2 Å². The molecular formula is C52H55FN4O9S2. The van der Waals surface area contributed by atoms with Crippen LogP contribution in [0.15, 0.2) is 71.5 Å². The SMILES string of the molecule is CC[C@@]1(O)C(=O)OCc2c1cc1n(c2=O)Cc2c-1nc1cc(F)c(C)cc1c2CSCCCSCCC(=O)[C@H](C)NC(=O)[C@H](C)CC(=O)[C@H](C)NC(=O)OCC1c2ccccc2-c2ccccc21. The lowest BCUT2D eigenvalue weighted by molar-refractivity contribution is -0.172. The number of rotatable bonds is 19. The van der Waals surface area contributed by atoms with Gasteiger partial charge in [0.25, 0.3) is 5.56 Å². The second-order valence-corrected chi connectivity index (χ2v) is 20.2. The van der Waals surface area contributed by atoms with Gasteiger partial charge in [-0.15, -0.1) is 0 Å². The van der Waals surface area contributed by atoms with Gasteiger partial charge in [-0.3, -0.25) is 19.2 Å². The summed E-state index contributed by atoms with van der Waals surface area (Å²) < 4.78 is 27.3. The van der Waals surface area contributed by atoms with Gasteiger partial charge in [0.2, 0.25) is 5.91 Å². The van der Waals surface area contributed by atoms with Crippen LogP contribution >= 0.6 is 23.5 Å². The molecule has 0 spiro atoms. The molecule has 3 N–H and O–H groups in total. The van der Waals surface area contributed by atoms with E-state index in [2.05, 4.69) is 22.8 Å². The molecule has 0 bridgehead atoms. The zero-order chi connectivity index (χ0) is 48.4. The highest BCUT2D eigenvalue weighted by Gasteiger charge is 2.45. The number of Topliss-reactive ketones (excluding diaryl/α,β-unsaturated/α-hetero) is 2. The molecule has 68 heavy (non-hydrogen) atoms. The Morgan fingerprint density at radius 3 is 2.31 bits per heavy atom. The number of halogens is 1. The number of ketones is 2. The van der Waals surface area contributed by atoms with Gasteiger partial charge in [-0.1, -0.05) is 62.4 Å². The highest BCUT2D eigenvalue weighted by atomic mass is 32.2. The number of alkyl carbamates (subject to hydrolysis) is 1. The van der Waals surface area contributed by atoms with E-state index in [9.17, 15) is 38.3 Å². The highest BCUT2D eigenvalue weighted by molar-refractivity contribution is 7.99. The molecule has 4 atom stereocenters. The molecule has 13 nitrogen and oxygen atoms in total. The van der Waals surface area contributed by atoms with E-state index < -0.39 is 47.4 Å². The summed E-state index contributed by atoms with van der Waals surface area (Å²) in [5.74, 6) is -0.152. The number of aliphatic hydroxyl groups is 1. The van der Waals surface area contributed by atoms with Crippen LogP contribution in [-0.2, 0) is 53.2 Å². The number of nitrogens with zero attached hydrogens (tertiary/aromatic N) is 2. The molecule has 0 saturated carbocycles. The zero-order valence-electron chi connectivity index (χ0n) is 38.7. The lowest BCUT2D eigenvalue weighted by atomic mass is 9.86. The van der Waals surface area contributed by atoms with E-state index in [4.69, 9.17) is 14.5 Å². The third-order valence-corrected chi connectivity index (χ3v) is 15.5. The predicted octanol–water partition coefficient (Wildman–Crippen LogP) is 7.87. The first-order chi connectivity index (χ1) is 32.6. The van der Waals surface area contributed by atoms with Crippen LogP contribution in [0.25, 0.3) is 33.4 Å².